The van der Waals surface area contributed by atoms with Crippen molar-refractivity contribution in [1.82, 2.24) is 4.72 Å². The van der Waals surface area contributed by atoms with Gasteiger partial charge in [-0.05, 0) is 58.9 Å². The van der Waals surface area contributed by atoms with Gasteiger partial charge in [-0.2, -0.15) is 0 Å². The third kappa shape index (κ3) is 7.06. The summed E-state index contributed by atoms with van der Waals surface area (Å²) in [5, 5.41) is 2.57. The highest BCUT2D eigenvalue weighted by atomic mass is 32.2. The van der Waals surface area contributed by atoms with E-state index < -0.39 is 28.0 Å². The molecule has 138 valence electrons. The Bertz CT molecular complexity index is 748. The molecule has 0 radical (unpaired) electrons. The zero-order valence-electron chi connectivity index (χ0n) is 15.0. The summed E-state index contributed by atoms with van der Waals surface area (Å²) >= 11 is 0. The third-order valence-electron chi connectivity index (χ3n) is 2.89. The van der Waals surface area contributed by atoms with E-state index in [0.29, 0.717) is 5.69 Å². The van der Waals surface area contributed by atoms with Gasteiger partial charge in [0.1, 0.15) is 0 Å². The van der Waals surface area contributed by atoms with Crippen LogP contribution < -0.4 is 10.0 Å². The lowest BCUT2D eigenvalue weighted by Gasteiger charge is -2.13. The average molecular weight is 368 g/mol. The van der Waals surface area contributed by atoms with E-state index in [1.54, 1.807) is 27.7 Å². The Kier molecular flexibility index (Phi) is 7.32. The number of carbonyl (C=O) groups is 2. The van der Waals surface area contributed by atoms with Crippen LogP contribution in [0.5, 0.6) is 0 Å². The van der Waals surface area contributed by atoms with Gasteiger partial charge in [0.05, 0.1) is 4.90 Å². The molecule has 0 aliphatic heterocycles. The van der Waals surface area contributed by atoms with E-state index in [1.165, 1.54) is 37.3 Å². The Hall–Kier alpha value is -2.19. The van der Waals surface area contributed by atoms with Gasteiger partial charge in [0.25, 0.3) is 5.91 Å². The maximum atomic E-state index is 12.0. The summed E-state index contributed by atoms with van der Waals surface area (Å²) in [7, 11) is -3.59. The molecule has 0 fully saturated rings. The lowest BCUT2D eigenvalue weighted by molar-refractivity contribution is -0.148. The number of benzene rings is 1. The number of ether oxygens (including phenoxy) is 1. The first-order chi connectivity index (χ1) is 11.5. The molecule has 0 heterocycles. The zero-order chi connectivity index (χ0) is 19.2. The summed E-state index contributed by atoms with van der Waals surface area (Å²) in [6, 6.07) is 5.50. The highest BCUT2D eigenvalue weighted by Gasteiger charge is 2.18. The number of hydrogen-bond acceptors (Lipinski definition) is 5. The smallest absolute Gasteiger partial charge is 0.331 e. The molecule has 0 bridgehead atoms. The molecule has 1 rings (SSSR count). The van der Waals surface area contributed by atoms with Crippen molar-refractivity contribution in [3.8, 4) is 0 Å². The summed E-state index contributed by atoms with van der Waals surface area (Å²) in [6.45, 7) is 8.40. The van der Waals surface area contributed by atoms with Crippen molar-refractivity contribution >= 4 is 27.6 Å². The predicted molar refractivity (Wildman–Crippen MR) is 95.5 cm³/mol. The second kappa shape index (κ2) is 8.77. The summed E-state index contributed by atoms with van der Waals surface area (Å²) in [4.78, 5) is 23.6. The fourth-order valence-corrected chi connectivity index (χ4v) is 3.09. The molecule has 1 aromatic carbocycles. The van der Waals surface area contributed by atoms with E-state index in [0.717, 1.165) is 5.57 Å². The summed E-state index contributed by atoms with van der Waals surface area (Å²) in [6.07, 6.45) is 0.319. The number of hydrogen-bond donors (Lipinski definition) is 2. The topological polar surface area (TPSA) is 102 Å². The van der Waals surface area contributed by atoms with Crippen molar-refractivity contribution in [3.05, 3.63) is 35.9 Å². The van der Waals surface area contributed by atoms with Gasteiger partial charge in [0, 0.05) is 17.8 Å². The van der Waals surface area contributed by atoms with E-state index in [4.69, 9.17) is 4.74 Å². The molecule has 1 atom stereocenters. The number of allylic oxidation sites excluding steroid dienone is 1. The first-order valence-corrected chi connectivity index (χ1v) is 9.28. The second-order valence-corrected chi connectivity index (χ2v) is 7.80. The maximum absolute atomic E-state index is 12.0. The minimum Gasteiger partial charge on any atom is -0.449 e. The minimum absolute atomic E-state index is 0.0993. The largest absolute Gasteiger partial charge is 0.449 e. The van der Waals surface area contributed by atoms with Crippen LogP contribution in [-0.4, -0.2) is 32.4 Å². The zero-order valence-corrected chi connectivity index (χ0v) is 15.8. The maximum Gasteiger partial charge on any atom is 0.331 e. The van der Waals surface area contributed by atoms with E-state index in [9.17, 15) is 18.0 Å². The van der Waals surface area contributed by atoms with Crippen molar-refractivity contribution in [1.29, 1.82) is 0 Å². The van der Waals surface area contributed by atoms with E-state index in [-0.39, 0.29) is 10.9 Å². The van der Waals surface area contributed by atoms with Crippen LogP contribution in [0.1, 0.15) is 34.6 Å². The molecule has 2 N–H and O–H groups in total. The molecule has 0 aromatic heterocycles. The highest BCUT2D eigenvalue weighted by molar-refractivity contribution is 7.89. The molecule has 7 nitrogen and oxygen atoms in total. The van der Waals surface area contributed by atoms with Gasteiger partial charge in [-0.25, -0.2) is 17.9 Å². The number of carbonyl (C=O) groups excluding carboxylic acids is 2. The molecule has 1 aromatic rings. The molecule has 0 aliphatic carbocycles. The SMILES string of the molecule is CC(C)=CC(=O)O[C@@H](C)C(=O)Nc1ccc(S(=O)(=O)NC(C)C)cc1. The normalized spacial score (nSPS) is 12.4. The van der Waals surface area contributed by atoms with Gasteiger partial charge in [-0.1, -0.05) is 5.57 Å². The number of anilines is 1. The van der Waals surface area contributed by atoms with E-state index >= 15 is 0 Å². The highest BCUT2D eigenvalue weighted by Crippen LogP contribution is 2.15. The molecule has 0 aliphatic rings. The monoisotopic (exact) mass is 368 g/mol. The second-order valence-electron chi connectivity index (χ2n) is 6.09. The van der Waals surface area contributed by atoms with Gasteiger partial charge in [0.15, 0.2) is 6.10 Å². The molecule has 25 heavy (non-hydrogen) atoms. The lowest BCUT2D eigenvalue weighted by Crippen LogP contribution is -2.30. The van der Waals surface area contributed by atoms with Gasteiger partial charge in [-0.3, -0.25) is 4.79 Å². The first-order valence-electron chi connectivity index (χ1n) is 7.80. The number of nitrogens with one attached hydrogen (secondary N) is 2. The third-order valence-corrected chi connectivity index (χ3v) is 4.57. The van der Waals surface area contributed by atoms with Crippen molar-refractivity contribution in [2.45, 2.75) is 51.7 Å². The van der Waals surface area contributed by atoms with Crippen LogP contribution in [0.15, 0.2) is 40.8 Å². The fraction of sp³-hybridized carbons (Fsp3) is 0.412. The van der Waals surface area contributed by atoms with Crippen molar-refractivity contribution < 1.29 is 22.7 Å². The van der Waals surface area contributed by atoms with Crippen LogP contribution in [-0.2, 0) is 24.3 Å². The van der Waals surface area contributed by atoms with Crippen molar-refractivity contribution in [3.63, 3.8) is 0 Å². The summed E-state index contributed by atoms with van der Waals surface area (Å²) in [5.74, 6) is -1.10. The van der Waals surface area contributed by atoms with Crippen LogP contribution >= 0.6 is 0 Å². The Morgan fingerprint density at radius 1 is 1.08 bits per heavy atom. The van der Waals surface area contributed by atoms with Crippen LogP contribution in [0.4, 0.5) is 5.69 Å². The quantitative estimate of drug-likeness (QED) is 0.567. The molecule has 0 unspecified atom stereocenters. The van der Waals surface area contributed by atoms with Gasteiger partial charge < -0.3 is 10.1 Å². The van der Waals surface area contributed by atoms with E-state index in [2.05, 4.69) is 10.0 Å². The Labute approximate surface area is 148 Å². The standard InChI is InChI=1S/C17H24N2O5S/c1-11(2)10-16(20)24-13(5)17(21)18-14-6-8-15(9-7-14)25(22,23)19-12(3)4/h6-10,12-13,19H,1-5H3,(H,18,21)/t13-/m0/s1. The van der Waals surface area contributed by atoms with Crippen molar-refractivity contribution in [2.75, 3.05) is 5.32 Å². The van der Waals surface area contributed by atoms with Gasteiger partial charge in [-0.15, -0.1) is 0 Å². The lowest BCUT2D eigenvalue weighted by atomic mass is 10.3. The Morgan fingerprint density at radius 3 is 2.12 bits per heavy atom. The molecule has 0 saturated carbocycles. The predicted octanol–water partition coefficient (Wildman–Crippen LogP) is 2.21. The first kappa shape index (κ1) is 20.9. The Balaban J connectivity index is 2.73. The molecule has 8 heteroatoms. The van der Waals surface area contributed by atoms with Crippen molar-refractivity contribution in [2.24, 2.45) is 0 Å². The van der Waals surface area contributed by atoms with Gasteiger partial charge >= 0.3 is 5.97 Å². The molecule has 1 amide bonds. The molecular formula is C17H24N2O5S. The van der Waals surface area contributed by atoms with Crippen LogP contribution in [0.2, 0.25) is 0 Å². The summed E-state index contributed by atoms with van der Waals surface area (Å²) < 4.78 is 31.5. The average Bonchev–Trinajstić information content (AvgIpc) is 2.45. The minimum atomic E-state index is -3.59. The number of rotatable bonds is 7. The van der Waals surface area contributed by atoms with Gasteiger partial charge in [0.2, 0.25) is 10.0 Å². The summed E-state index contributed by atoms with van der Waals surface area (Å²) in [5.41, 5.74) is 1.17. The van der Waals surface area contributed by atoms with Crippen LogP contribution in [0.3, 0.4) is 0 Å². The molecule has 0 spiro atoms. The van der Waals surface area contributed by atoms with Crippen LogP contribution in [0.25, 0.3) is 0 Å². The number of sulfonamides is 1. The van der Waals surface area contributed by atoms with E-state index in [1.807, 2.05) is 0 Å². The molecular weight excluding hydrogens is 344 g/mol. The number of esters is 1. The van der Waals surface area contributed by atoms with Crippen LogP contribution in [0, 0.1) is 0 Å². The number of amides is 1. The fourth-order valence-electron chi connectivity index (χ4n) is 1.84. The molecule has 0 saturated heterocycles. The Morgan fingerprint density at radius 2 is 1.64 bits per heavy atom.